The minimum absolute atomic E-state index is 0.238. The van der Waals surface area contributed by atoms with E-state index in [4.69, 9.17) is 11.6 Å². The Labute approximate surface area is 128 Å². The number of halogens is 1. The van der Waals surface area contributed by atoms with Gasteiger partial charge in [0, 0.05) is 23.5 Å². The van der Waals surface area contributed by atoms with Gasteiger partial charge < -0.3 is 10.4 Å². The zero-order valence-corrected chi connectivity index (χ0v) is 12.4. The third-order valence-corrected chi connectivity index (χ3v) is 3.72. The molecule has 3 aromatic rings. The van der Waals surface area contributed by atoms with Crippen molar-refractivity contribution >= 4 is 28.2 Å². The normalized spacial score (nSPS) is 10.8. The van der Waals surface area contributed by atoms with Crippen LogP contribution in [0, 0.1) is 6.92 Å². The van der Waals surface area contributed by atoms with Crippen LogP contribution < -0.4 is 5.32 Å². The van der Waals surface area contributed by atoms with E-state index in [1.54, 1.807) is 12.3 Å². The number of pyridine rings is 1. The number of nitrogens with one attached hydrogen (secondary N) is 1. The highest BCUT2D eigenvalue weighted by Crippen LogP contribution is 2.32. The summed E-state index contributed by atoms with van der Waals surface area (Å²) in [5.41, 5.74) is 3.85. The first kappa shape index (κ1) is 13.7. The van der Waals surface area contributed by atoms with E-state index in [0.717, 1.165) is 32.7 Å². The van der Waals surface area contributed by atoms with Gasteiger partial charge in [0.05, 0.1) is 10.9 Å². The van der Waals surface area contributed by atoms with Crippen molar-refractivity contribution < 1.29 is 5.11 Å². The summed E-state index contributed by atoms with van der Waals surface area (Å²) in [6, 6.07) is 13.1. The monoisotopic (exact) mass is 298 g/mol. The molecule has 0 aliphatic rings. The lowest BCUT2D eigenvalue weighted by Gasteiger charge is -2.12. The van der Waals surface area contributed by atoms with E-state index in [1.165, 1.54) is 0 Å². The largest absolute Gasteiger partial charge is 0.507 e. The second-order valence-corrected chi connectivity index (χ2v) is 5.40. The number of phenolic OH excluding ortho intramolecular Hbond substituents is 1. The van der Waals surface area contributed by atoms with Crippen LogP contribution in [-0.2, 0) is 6.54 Å². The van der Waals surface area contributed by atoms with Crippen LogP contribution in [0.15, 0.2) is 48.7 Å². The van der Waals surface area contributed by atoms with E-state index in [0.29, 0.717) is 6.54 Å². The molecule has 106 valence electrons. The molecular weight excluding hydrogens is 284 g/mol. The van der Waals surface area contributed by atoms with Crippen molar-refractivity contribution in [1.82, 2.24) is 4.98 Å². The third kappa shape index (κ3) is 2.78. The quantitative estimate of drug-likeness (QED) is 0.747. The molecular formula is C17H15ClN2O. The molecule has 0 saturated heterocycles. The Morgan fingerprint density at radius 3 is 2.62 bits per heavy atom. The number of nitrogens with zero attached hydrogens (tertiary/aromatic N) is 1. The number of benzene rings is 2. The summed E-state index contributed by atoms with van der Waals surface area (Å²) in [6.07, 6.45) is 1.75. The minimum atomic E-state index is 0.238. The van der Waals surface area contributed by atoms with Crippen LogP contribution in [-0.4, -0.2) is 10.1 Å². The maximum absolute atomic E-state index is 10.1. The number of aromatic nitrogens is 1. The second kappa shape index (κ2) is 5.62. The van der Waals surface area contributed by atoms with Crippen molar-refractivity contribution in [3.8, 4) is 5.75 Å². The number of aryl methyl sites for hydroxylation is 1. The molecule has 0 aliphatic heterocycles. The Morgan fingerprint density at radius 1 is 1.10 bits per heavy atom. The molecule has 4 heteroatoms. The lowest BCUT2D eigenvalue weighted by molar-refractivity contribution is 0.481. The summed E-state index contributed by atoms with van der Waals surface area (Å²) in [6.45, 7) is 2.64. The number of anilines is 1. The van der Waals surface area contributed by atoms with Gasteiger partial charge in [0.2, 0.25) is 0 Å². The summed E-state index contributed by atoms with van der Waals surface area (Å²) in [4.78, 5) is 4.35. The number of hydrogen-bond acceptors (Lipinski definition) is 3. The van der Waals surface area contributed by atoms with Crippen LogP contribution in [0.4, 0.5) is 5.69 Å². The van der Waals surface area contributed by atoms with Crippen molar-refractivity contribution in [3.05, 3.63) is 64.8 Å². The number of rotatable bonds is 3. The number of aromatic hydroxyl groups is 1. The minimum Gasteiger partial charge on any atom is -0.507 e. The maximum Gasteiger partial charge on any atom is 0.127 e. The van der Waals surface area contributed by atoms with Crippen molar-refractivity contribution in [2.24, 2.45) is 0 Å². The van der Waals surface area contributed by atoms with Crippen molar-refractivity contribution in [2.45, 2.75) is 13.5 Å². The van der Waals surface area contributed by atoms with E-state index < -0.39 is 0 Å². The van der Waals surface area contributed by atoms with Crippen LogP contribution in [0.3, 0.4) is 0 Å². The highest BCUT2D eigenvalue weighted by atomic mass is 35.5. The average Bonchev–Trinajstić information content (AvgIpc) is 2.50. The molecule has 0 bridgehead atoms. The molecule has 3 nitrogen and oxygen atoms in total. The smallest absolute Gasteiger partial charge is 0.127 e. The van der Waals surface area contributed by atoms with Crippen LogP contribution >= 0.6 is 11.6 Å². The average molecular weight is 299 g/mol. The Bertz CT molecular complexity index is 785. The van der Waals surface area contributed by atoms with Gasteiger partial charge in [-0.1, -0.05) is 29.8 Å². The molecule has 0 unspecified atom stereocenters. The topological polar surface area (TPSA) is 45.1 Å². The van der Waals surface area contributed by atoms with Crippen molar-refractivity contribution in [2.75, 3.05) is 5.32 Å². The molecule has 0 atom stereocenters. The molecule has 1 heterocycles. The molecule has 0 saturated carbocycles. The summed E-state index contributed by atoms with van der Waals surface area (Å²) in [5, 5.41) is 14.9. The number of fused-ring (bicyclic) bond motifs is 1. The van der Waals surface area contributed by atoms with Crippen LogP contribution in [0.2, 0.25) is 5.02 Å². The Balaban J connectivity index is 1.94. The standard InChI is InChI=1S/C17H15ClN2O/c1-11-2-7-15(21)16-14(8-9-19-17(11)16)20-10-12-3-5-13(18)6-4-12/h2-9,21H,10H2,1H3,(H,19,20). The van der Waals surface area contributed by atoms with Gasteiger partial charge in [-0.05, 0) is 42.3 Å². The maximum atomic E-state index is 10.1. The molecule has 2 N–H and O–H groups in total. The molecule has 2 aromatic carbocycles. The van der Waals surface area contributed by atoms with E-state index in [-0.39, 0.29) is 5.75 Å². The molecule has 3 rings (SSSR count). The molecule has 0 spiro atoms. The molecule has 1 aromatic heterocycles. The summed E-state index contributed by atoms with van der Waals surface area (Å²) in [5.74, 6) is 0.238. The van der Waals surface area contributed by atoms with Gasteiger partial charge in [0.25, 0.3) is 0 Å². The van der Waals surface area contributed by atoms with Crippen LogP contribution in [0.5, 0.6) is 5.75 Å². The van der Waals surface area contributed by atoms with Gasteiger partial charge in [0.15, 0.2) is 0 Å². The molecule has 0 fully saturated rings. The van der Waals surface area contributed by atoms with Gasteiger partial charge in [-0.25, -0.2) is 0 Å². The predicted octanol–water partition coefficient (Wildman–Crippen LogP) is 4.51. The zero-order chi connectivity index (χ0) is 14.8. The fraction of sp³-hybridized carbons (Fsp3) is 0.118. The highest BCUT2D eigenvalue weighted by Gasteiger charge is 2.08. The molecule has 21 heavy (non-hydrogen) atoms. The number of phenols is 1. The molecule has 0 amide bonds. The first-order valence-corrected chi connectivity index (χ1v) is 7.08. The lowest BCUT2D eigenvalue weighted by atomic mass is 10.1. The summed E-state index contributed by atoms with van der Waals surface area (Å²) >= 11 is 5.88. The van der Waals surface area contributed by atoms with E-state index in [1.807, 2.05) is 43.3 Å². The predicted molar refractivity (Wildman–Crippen MR) is 86.9 cm³/mol. The first-order chi connectivity index (χ1) is 10.1. The van der Waals surface area contributed by atoms with Crippen molar-refractivity contribution in [3.63, 3.8) is 0 Å². The SMILES string of the molecule is Cc1ccc(O)c2c(NCc3ccc(Cl)cc3)ccnc12. The van der Waals surface area contributed by atoms with Gasteiger partial charge >= 0.3 is 0 Å². The summed E-state index contributed by atoms with van der Waals surface area (Å²) in [7, 11) is 0. The first-order valence-electron chi connectivity index (χ1n) is 6.71. The van der Waals surface area contributed by atoms with E-state index in [9.17, 15) is 5.11 Å². The second-order valence-electron chi connectivity index (χ2n) is 4.96. The zero-order valence-electron chi connectivity index (χ0n) is 11.6. The van der Waals surface area contributed by atoms with Gasteiger partial charge in [-0.2, -0.15) is 0 Å². The highest BCUT2D eigenvalue weighted by molar-refractivity contribution is 6.30. The number of hydrogen-bond donors (Lipinski definition) is 2. The Hall–Kier alpha value is -2.26. The Morgan fingerprint density at radius 2 is 1.86 bits per heavy atom. The summed E-state index contributed by atoms with van der Waals surface area (Å²) < 4.78 is 0. The van der Waals surface area contributed by atoms with E-state index >= 15 is 0 Å². The Kier molecular flexibility index (Phi) is 3.67. The van der Waals surface area contributed by atoms with Crippen LogP contribution in [0.25, 0.3) is 10.9 Å². The van der Waals surface area contributed by atoms with Gasteiger partial charge in [-0.3, -0.25) is 4.98 Å². The molecule has 0 radical (unpaired) electrons. The lowest BCUT2D eigenvalue weighted by Crippen LogP contribution is -2.00. The van der Waals surface area contributed by atoms with E-state index in [2.05, 4.69) is 10.3 Å². The van der Waals surface area contributed by atoms with Crippen molar-refractivity contribution in [1.29, 1.82) is 0 Å². The fourth-order valence-corrected chi connectivity index (χ4v) is 2.46. The van der Waals surface area contributed by atoms with Gasteiger partial charge in [0.1, 0.15) is 5.75 Å². The van der Waals surface area contributed by atoms with Gasteiger partial charge in [-0.15, -0.1) is 0 Å². The van der Waals surface area contributed by atoms with Crippen LogP contribution in [0.1, 0.15) is 11.1 Å². The fourth-order valence-electron chi connectivity index (χ4n) is 2.33. The molecule has 0 aliphatic carbocycles. The third-order valence-electron chi connectivity index (χ3n) is 3.47.